The van der Waals surface area contributed by atoms with Crippen molar-refractivity contribution in [2.45, 2.75) is 32.3 Å². The Labute approximate surface area is 199 Å². The van der Waals surface area contributed by atoms with E-state index in [1.807, 2.05) is 55.5 Å². The van der Waals surface area contributed by atoms with Gasteiger partial charge in [-0.2, -0.15) is 4.98 Å². The summed E-state index contributed by atoms with van der Waals surface area (Å²) in [5.74, 6) is 2.39. The van der Waals surface area contributed by atoms with Crippen LogP contribution >= 0.6 is 0 Å². The second kappa shape index (κ2) is 11.8. The van der Waals surface area contributed by atoms with Crippen LogP contribution in [0.15, 0.2) is 60.8 Å². The van der Waals surface area contributed by atoms with Crippen molar-refractivity contribution in [1.29, 1.82) is 0 Å². The van der Waals surface area contributed by atoms with Crippen LogP contribution in [0.1, 0.15) is 31.0 Å². The van der Waals surface area contributed by atoms with Crippen molar-refractivity contribution in [1.82, 2.24) is 20.3 Å². The highest BCUT2D eigenvalue weighted by Gasteiger charge is 2.24. The minimum Gasteiger partial charge on any atom is -0.497 e. The molecule has 1 amide bonds. The number of hydrogen-bond donors (Lipinski definition) is 4. The van der Waals surface area contributed by atoms with Gasteiger partial charge in [0.25, 0.3) is 0 Å². The quantitative estimate of drug-likeness (QED) is 0.181. The van der Waals surface area contributed by atoms with Crippen LogP contribution in [-0.2, 0) is 10.4 Å². The molecule has 0 saturated carbocycles. The summed E-state index contributed by atoms with van der Waals surface area (Å²) in [5, 5.41) is 19.9. The predicted molar refractivity (Wildman–Crippen MR) is 133 cm³/mol. The number of aromatic nitrogens is 3. The lowest BCUT2D eigenvalue weighted by Crippen LogP contribution is -2.22. The maximum atomic E-state index is 10.9. The van der Waals surface area contributed by atoms with Gasteiger partial charge in [0, 0.05) is 24.0 Å². The number of carbonyl (C=O) groups excluding carboxylic acids is 1. The fourth-order valence-corrected chi connectivity index (χ4v) is 3.17. The number of rotatable bonds is 12. The van der Waals surface area contributed by atoms with E-state index in [1.54, 1.807) is 26.3 Å². The van der Waals surface area contributed by atoms with Crippen LogP contribution in [0, 0.1) is 6.92 Å². The number of benzene rings is 1. The predicted octanol–water partition coefficient (Wildman–Crippen LogP) is 3.97. The molecule has 0 radical (unpaired) electrons. The van der Waals surface area contributed by atoms with E-state index < -0.39 is 5.60 Å². The number of hydrogen-bond acceptors (Lipinski definition) is 8. The van der Waals surface area contributed by atoms with Crippen LogP contribution in [0.5, 0.6) is 5.75 Å². The molecule has 0 fully saturated rings. The van der Waals surface area contributed by atoms with Crippen molar-refractivity contribution >= 4 is 29.7 Å². The van der Waals surface area contributed by atoms with Gasteiger partial charge >= 0.3 is 0 Å². The number of methoxy groups -OCH3 is 1. The molecule has 3 aromatic rings. The van der Waals surface area contributed by atoms with E-state index in [2.05, 4.69) is 30.9 Å². The van der Waals surface area contributed by atoms with Crippen molar-refractivity contribution in [3.63, 3.8) is 0 Å². The third-order valence-corrected chi connectivity index (χ3v) is 5.15. The molecule has 0 spiro atoms. The van der Waals surface area contributed by atoms with Crippen LogP contribution in [-0.4, -0.2) is 40.1 Å². The number of aryl methyl sites for hydroxylation is 1. The lowest BCUT2D eigenvalue weighted by molar-refractivity contribution is -0.109. The Morgan fingerprint density at radius 3 is 2.62 bits per heavy atom. The van der Waals surface area contributed by atoms with E-state index in [0.717, 1.165) is 17.0 Å². The summed E-state index contributed by atoms with van der Waals surface area (Å²) in [6.45, 7) is 4.12. The number of ether oxygens (including phenoxy) is 1. The second-order valence-corrected chi connectivity index (χ2v) is 7.92. The van der Waals surface area contributed by atoms with Gasteiger partial charge in [0.05, 0.1) is 12.8 Å². The Kier molecular flexibility index (Phi) is 8.53. The fourth-order valence-electron chi connectivity index (χ4n) is 3.17. The molecule has 0 aliphatic carbocycles. The maximum Gasteiger partial charge on any atom is 0.229 e. The third-order valence-electron chi connectivity index (χ3n) is 5.15. The normalized spacial score (nSPS) is 12.7. The van der Waals surface area contributed by atoms with E-state index in [4.69, 9.17) is 4.74 Å². The summed E-state index contributed by atoms with van der Waals surface area (Å²) in [6.07, 6.45) is 7.30. The van der Waals surface area contributed by atoms with Gasteiger partial charge in [0.2, 0.25) is 12.4 Å². The van der Waals surface area contributed by atoms with Crippen molar-refractivity contribution in [3.8, 4) is 5.75 Å². The summed E-state index contributed by atoms with van der Waals surface area (Å²) in [7, 11) is 1.62. The lowest BCUT2D eigenvalue weighted by atomic mass is 9.95. The minimum absolute atomic E-state index is 0.442. The zero-order chi connectivity index (χ0) is 24.4. The zero-order valence-electron chi connectivity index (χ0n) is 19.6. The van der Waals surface area contributed by atoms with Gasteiger partial charge < -0.3 is 25.8 Å². The molecule has 9 heteroatoms. The summed E-state index contributed by atoms with van der Waals surface area (Å²) in [4.78, 5) is 23.8. The van der Waals surface area contributed by atoms with Crippen LogP contribution in [0.25, 0.3) is 0 Å². The van der Waals surface area contributed by atoms with Crippen LogP contribution in [0.2, 0.25) is 0 Å². The molecule has 178 valence electrons. The lowest BCUT2D eigenvalue weighted by Gasteiger charge is -2.22. The van der Waals surface area contributed by atoms with E-state index in [-0.39, 0.29) is 0 Å². The van der Waals surface area contributed by atoms with Crippen LogP contribution < -0.4 is 20.7 Å². The van der Waals surface area contributed by atoms with Gasteiger partial charge in [-0.05, 0) is 63.1 Å². The highest BCUT2D eigenvalue weighted by atomic mass is 16.5. The molecule has 2 heterocycles. The highest BCUT2D eigenvalue weighted by molar-refractivity contribution is 5.60. The first-order chi connectivity index (χ1) is 16.4. The molecule has 0 bridgehead atoms. The molecule has 0 aliphatic rings. The molecule has 3 rings (SSSR count). The fraction of sp³-hybridized carbons (Fsp3) is 0.280. The molecule has 9 nitrogen and oxygen atoms in total. The van der Waals surface area contributed by atoms with Crippen molar-refractivity contribution in [3.05, 3.63) is 72.1 Å². The Hall–Kier alpha value is -3.98. The first-order valence-corrected chi connectivity index (χ1v) is 10.9. The SMILES string of the molecule is COc1ccc(Nc2ncc(C)c(Nc3cccc(C(C)(O)CC/C=C\CNC=O)n3)n2)cc1. The molecule has 1 aromatic carbocycles. The Morgan fingerprint density at radius 2 is 1.88 bits per heavy atom. The first kappa shape index (κ1) is 24.7. The third kappa shape index (κ3) is 7.01. The van der Waals surface area contributed by atoms with Crippen molar-refractivity contribution < 1.29 is 14.6 Å². The van der Waals surface area contributed by atoms with Crippen LogP contribution in [0.4, 0.5) is 23.3 Å². The number of carbonyl (C=O) groups is 1. The van der Waals surface area contributed by atoms with Gasteiger partial charge in [-0.3, -0.25) is 4.79 Å². The number of pyridine rings is 1. The largest absolute Gasteiger partial charge is 0.497 e. The Bertz CT molecular complexity index is 1120. The molecule has 34 heavy (non-hydrogen) atoms. The summed E-state index contributed by atoms with van der Waals surface area (Å²) < 4.78 is 5.18. The average molecular weight is 463 g/mol. The van der Waals surface area contributed by atoms with Gasteiger partial charge in [-0.25, -0.2) is 9.97 Å². The highest BCUT2D eigenvalue weighted by Crippen LogP contribution is 2.27. The summed E-state index contributed by atoms with van der Waals surface area (Å²) in [5.41, 5.74) is 1.14. The number of allylic oxidation sites excluding steroid dienone is 1. The minimum atomic E-state index is -1.11. The number of anilines is 4. The number of amides is 1. The van der Waals surface area contributed by atoms with Crippen LogP contribution in [0.3, 0.4) is 0 Å². The van der Waals surface area contributed by atoms with E-state index in [0.29, 0.717) is 49.1 Å². The molecule has 1 unspecified atom stereocenters. The zero-order valence-corrected chi connectivity index (χ0v) is 19.6. The molecular formula is C25H30N6O3. The monoisotopic (exact) mass is 462 g/mol. The molecule has 1 atom stereocenters. The van der Waals surface area contributed by atoms with E-state index in [9.17, 15) is 9.90 Å². The van der Waals surface area contributed by atoms with Gasteiger partial charge in [-0.15, -0.1) is 0 Å². The molecule has 0 aliphatic heterocycles. The number of aliphatic hydroxyl groups is 1. The van der Waals surface area contributed by atoms with Gasteiger partial charge in [-0.1, -0.05) is 18.2 Å². The topological polar surface area (TPSA) is 121 Å². The standard InChI is InChI=1S/C25H30N6O3/c1-18-16-27-24(28-19-10-12-20(34-3)13-11-19)31-23(18)30-22-9-7-8-21(29-22)25(2,33)14-5-4-6-15-26-17-32/h4,6-13,16-17,33H,5,14-15H2,1-3H3,(H,26,32)(H2,27,28,29,30,31)/b6-4-. The first-order valence-electron chi connectivity index (χ1n) is 10.9. The van der Waals surface area contributed by atoms with Gasteiger partial charge in [0.15, 0.2) is 0 Å². The summed E-state index contributed by atoms with van der Waals surface area (Å²) in [6, 6.07) is 12.9. The average Bonchev–Trinajstić information content (AvgIpc) is 2.84. The van der Waals surface area contributed by atoms with Crippen molar-refractivity contribution in [2.24, 2.45) is 0 Å². The maximum absolute atomic E-state index is 10.9. The van der Waals surface area contributed by atoms with E-state index in [1.165, 1.54) is 0 Å². The number of nitrogens with one attached hydrogen (secondary N) is 3. The summed E-state index contributed by atoms with van der Waals surface area (Å²) >= 11 is 0. The van der Waals surface area contributed by atoms with Gasteiger partial charge in [0.1, 0.15) is 23.0 Å². The number of nitrogens with zero attached hydrogens (tertiary/aromatic N) is 3. The Morgan fingerprint density at radius 1 is 1.09 bits per heavy atom. The smallest absolute Gasteiger partial charge is 0.229 e. The molecule has 4 N–H and O–H groups in total. The van der Waals surface area contributed by atoms with E-state index >= 15 is 0 Å². The molecular weight excluding hydrogens is 432 g/mol. The molecule has 0 saturated heterocycles. The Balaban J connectivity index is 1.69. The second-order valence-electron chi connectivity index (χ2n) is 7.92. The molecule has 2 aromatic heterocycles. The van der Waals surface area contributed by atoms with Crippen molar-refractivity contribution in [2.75, 3.05) is 24.3 Å².